The molecule has 0 saturated heterocycles. The molecule has 0 aliphatic heterocycles. The smallest absolute Gasteiger partial charge is 0.333 e. The average Bonchev–Trinajstić information content (AvgIpc) is 2.82. The van der Waals surface area contributed by atoms with Crippen molar-refractivity contribution in [1.82, 2.24) is 5.32 Å². The van der Waals surface area contributed by atoms with E-state index in [0.717, 1.165) is 16.9 Å². The number of para-hydroxylation sites is 1. The Hall–Kier alpha value is -3.90. The van der Waals surface area contributed by atoms with Crippen molar-refractivity contribution in [2.24, 2.45) is 0 Å². The van der Waals surface area contributed by atoms with E-state index in [1.165, 1.54) is 0 Å². The second-order valence-electron chi connectivity index (χ2n) is 7.72. The Morgan fingerprint density at radius 2 is 1.68 bits per heavy atom. The van der Waals surface area contributed by atoms with Gasteiger partial charge in [-0.05, 0) is 61.9 Å². The predicted octanol–water partition coefficient (Wildman–Crippen LogP) is 5.47. The van der Waals surface area contributed by atoms with Gasteiger partial charge in [-0.25, -0.2) is 4.79 Å². The maximum absolute atomic E-state index is 13.2. The van der Waals surface area contributed by atoms with Crippen LogP contribution in [-0.2, 0) is 9.53 Å². The fourth-order valence-electron chi connectivity index (χ4n) is 3.15. The van der Waals surface area contributed by atoms with Crippen LogP contribution in [0, 0.1) is 6.92 Å². The van der Waals surface area contributed by atoms with Crippen LogP contribution >= 0.6 is 11.6 Å². The van der Waals surface area contributed by atoms with Crippen molar-refractivity contribution in [3.63, 3.8) is 0 Å². The van der Waals surface area contributed by atoms with Crippen LogP contribution in [0.25, 0.3) is 0 Å². The minimum atomic E-state index is -0.515. The van der Waals surface area contributed by atoms with E-state index >= 15 is 0 Å². The first-order valence-electron chi connectivity index (χ1n) is 10.6. The first kappa shape index (κ1) is 24.7. The number of halogens is 1. The molecule has 7 heteroatoms. The van der Waals surface area contributed by atoms with Crippen LogP contribution in [0.3, 0.4) is 0 Å². The third-order valence-corrected chi connectivity index (χ3v) is 5.30. The van der Waals surface area contributed by atoms with Gasteiger partial charge in [0.1, 0.15) is 6.61 Å². The Labute approximate surface area is 203 Å². The molecule has 2 N–H and O–H groups in total. The van der Waals surface area contributed by atoms with Gasteiger partial charge in [-0.1, -0.05) is 42.4 Å². The molecule has 0 radical (unpaired) electrons. The molecule has 34 heavy (non-hydrogen) atoms. The minimum absolute atomic E-state index is 0.0219. The predicted molar refractivity (Wildman–Crippen MR) is 134 cm³/mol. The van der Waals surface area contributed by atoms with Crippen molar-refractivity contribution in [3.8, 4) is 0 Å². The lowest BCUT2D eigenvalue weighted by Gasteiger charge is -2.12. The van der Waals surface area contributed by atoms with E-state index in [0.29, 0.717) is 21.7 Å². The van der Waals surface area contributed by atoms with Crippen molar-refractivity contribution in [1.29, 1.82) is 0 Å². The Morgan fingerprint density at radius 1 is 0.941 bits per heavy atom. The number of anilines is 2. The van der Waals surface area contributed by atoms with Crippen LogP contribution in [0.15, 0.2) is 78.9 Å². The van der Waals surface area contributed by atoms with Crippen LogP contribution in [0.5, 0.6) is 0 Å². The van der Waals surface area contributed by atoms with Crippen molar-refractivity contribution in [2.75, 3.05) is 18.5 Å². The number of carbonyl (C=O) groups is 3. The normalized spacial score (nSPS) is 10.3. The number of aryl methyl sites for hydroxylation is 1. The summed E-state index contributed by atoms with van der Waals surface area (Å²) in [4.78, 5) is 37.1. The molecular formula is C27H25ClN2O4. The Kier molecular flexibility index (Phi) is 8.22. The molecule has 3 rings (SSSR count). The van der Waals surface area contributed by atoms with E-state index < -0.39 is 5.97 Å². The number of rotatable bonds is 9. The van der Waals surface area contributed by atoms with Crippen molar-refractivity contribution < 1.29 is 19.1 Å². The zero-order valence-corrected chi connectivity index (χ0v) is 19.7. The highest BCUT2D eigenvalue weighted by Gasteiger charge is 2.18. The van der Waals surface area contributed by atoms with Gasteiger partial charge in [-0.2, -0.15) is 0 Å². The summed E-state index contributed by atoms with van der Waals surface area (Å²) in [5.41, 5.74) is 3.71. The molecule has 0 aliphatic carbocycles. The summed E-state index contributed by atoms with van der Waals surface area (Å²) in [6, 6.07) is 19.6. The van der Waals surface area contributed by atoms with Gasteiger partial charge in [0.15, 0.2) is 5.78 Å². The number of carbonyl (C=O) groups excluding carboxylic acids is 3. The lowest BCUT2D eigenvalue weighted by Crippen LogP contribution is -2.28. The summed E-state index contributed by atoms with van der Waals surface area (Å²) in [5.74, 6) is -1.17. The van der Waals surface area contributed by atoms with Gasteiger partial charge in [0, 0.05) is 33.6 Å². The molecule has 0 heterocycles. The molecule has 0 unspecified atom stereocenters. The first-order valence-corrected chi connectivity index (χ1v) is 11.0. The van der Waals surface area contributed by atoms with Crippen LogP contribution in [-0.4, -0.2) is 30.8 Å². The maximum atomic E-state index is 13.2. The van der Waals surface area contributed by atoms with Crippen LogP contribution < -0.4 is 10.6 Å². The zero-order chi connectivity index (χ0) is 24.7. The highest BCUT2D eigenvalue weighted by Crippen LogP contribution is 2.27. The fourth-order valence-corrected chi connectivity index (χ4v) is 3.42. The molecule has 0 fully saturated rings. The average molecular weight is 477 g/mol. The topological polar surface area (TPSA) is 84.5 Å². The van der Waals surface area contributed by atoms with E-state index in [4.69, 9.17) is 16.3 Å². The third kappa shape index (κ3) is 6.33. The second kappa shape index (κ2) is 11.3. The number of benzene rings is 3. The van der Waals surface area contributed by atoms with Gasteiger partial charge in [0.25, 0.3) is 5.91 Å². The number of ether oxygens (including phenoxy) is 1. The molecule has 0 saturated carbocycles. The van der Waals surface area contributed by atoms with Crippen molar-refractivity contribution in [2.45, 2.75) is 13.8 Å². The quantitative estimate of drug-likeness (QED) is 0.185. The van der Waals surface area contributed by atoms with E-state index in [9.17, 15) is 14.4 Å². The molecule has 0 bridgehead atoms. The number of nitrogens with one attached hydrogen (secondary N) is 2. The van der Waals surface area contributed by atoms with Gasteiger partial charge in [-0.15, -0.1) is 0 Å². The number of hydrogen-bond donors (Lipinski definition) is 2. The number of amides is 1. The molecule has 0 aromatic heterocycles. The third-order valence-electron chi connectivity index (χ3n) is 4.99. The summed E-state index contributed by atoms with van der Waals surface area (Å²) >= 11 is 6.44. The highest BCUT2D eigenvalue weighted by molar-refractivity contribution is 6.35. The van der Waals surface area contributed by atoms with Crippen LogP contribution in [0.2, 0.25) is 5.02 Å². The molecule has 0 atom stereocenters. The second-order valence-corrected chi connectivity index (χ2v) is 8.12. The number of hydrogen-bond acceptors (Lipinski definition) is 5. The Morgan fingerprint density at radius 3 is 2.35 bits per heavy atom. The van der Waals surface area contributed by atoms with Crippen molar-refractivity contribution >= 4 is 40.6 Å². The van der Waals surface area contributed by atoms with Gasteiger partial charge in [-0.3, -0.25) is 9.59 Å². The van der Waals surface area contributed by atoms with Gasteiger partial charge in [0.2, 0.25) is 0 Å². The number of ketones is 1. The SMILES string of the molecule is C=C(C)C(=O)OCCNC(=O)c1ccc(C)c(C(=O)c2ccc(Nc3ccccc3)cc2Cl)c1. The highest BCUT2D eigenvalue weighted by atomic mass is 35.5. The van der Waals surface area contributed by atoms with Gasteiger partial charge >= 0.3 is 5.97 Å². The minimum Gasteiger partial charge on any atom is -0.460 e. The summed E-state index contributed by atoms with van der Waals surface area (Å²) in [5, 5.41) is 6.21. The lowest BCUT2D eigenvalue weighted by atomic mass is 9.96. The molecule has 6 nitrogen and oxygen atoms in total. The van der Waals surface area contributed by atoms with E-state index in [-0.39, 0.29) is 30.4 Å². The van der Waals surface area contributed by atoms with Crippen LogP contribution in [0.1, 0.15) is 38.8 Å². The largest absolute Gasteiger partial charge is 0.460 e. The van der Waals surface area contributed by atoms with E-state index in [1.807, 2.05) is 30.3 Å². The maximum Gasteiger partial charge on any atom is 0.333 e. The zero-order valence-electron chi connectivity index (χ0n) is 19.0. The number of esters is 1. The first-order chi connectivity index (χ1) is 16.3. The Bertz CT molecular complexity index is 1240. The van der Waals surface area contributed by atoms with E-state index in [2.05, 4.69) is 17.2 Å². The molecule has 0 aliphatic rings. The molecule has 1 amide bonds. The molecule has 0 spiro atoms. The molecule has 174 valence electrons. The Balaban J connectivity index is 1.71. The fraction of sp³-hybridized carbons (Fsp3) is 0.148. The summed E-state index contributed by atoms with van der Waals surface area (Å²) in [6.45, 7) is 7.00. The molecule has 3 aromatic carbocycles. The van der Waals surface area contributed by atoms with Gasteiger partial charge in [0.05, 0.1) is 11.6 Å². The van der Waals surface area contributed by atoms with Crippen LogP contribution in [0.4, 0.5) is 11.4 Å². The lowest BCUT2D eigenvalue weighted by molar-refractivity contribution is -0.138. The van der Waals surface area contributed by atoms with E-state index in [1.54, 1.807) is 50.2 Å². The van der Waals surface area contributed by atoms with Gasteiger partial charge < -0.3 is 15.4 Å². The monoisotopic (exact) mass is 476 g/mol. The summed E-state index contributed by atoms with van der Waals surface area (Å²) in [7, 11) is 0. The summed E-state index contributed by atoms with van der Waals surface area (Å²) in [6.07, 6.45) is 0. The summed E-state index contributed by atoms with van der Waals surface area (Å²) < 4.78 is 4.96. The molecule has 3 aromatic rings. The molecular weight excluding hydrogens is 452 g/mol. The van der Waals surface area contributed by atoms with Crippen molar-refractivity contribution in [3.05, 3.63) is 106 Å². The standard InChI is InChI=1S/C27H25ClN2O4/c1-17(2)27(33)34-14-13-29-26(32)19-10-9-18(3)23(15-19)25(31)22-12-11-21(16-24(22)28)30-20-7-5-4-6-8-20/h4-12,15-16,30H,1,13-14H2,2-3H3,(H,29,32).